The van der Waals surface area contributed by atoms with Gasteiger partial charge in [-0.25, -0.2) is 14.4 Å². The second-order valence-corrected chi connectivity index (χ2v) is 7.81. The number of rotatable bonds is 4. The molecule has 3 heterocycles. The number of hydrogen-bond acceptors (Lipinski definition) is 4. The first-order valence-electron chi connectivity index (χ1n) is 10.3. The van der Waals surface area contributed by atoms with Crippen molar-refractivity contribution < 1.29 is 9.18 Å². The van der Waals surface area contributed by atoms with E-state index in [1.807, 2.05) is 37.2 Å². The van der Waals surface area contributed by atoms with Crippen LogP contribution in [0.1, 0.15) is 47.9 Å². The van der Waals surface area contributed by atoms with Crippen molar-refractivity contribution in [1.29, 1.82) is 0 Å². The fraction of sp³-hybridized carbons (Fsp3) is 0.333. The lowest BCUT2D eigenvalue weighted by atomic mass is 9.92. The Labute approximate surface area is 176 Å². The van der Waals surface area contributed by atoms with E-state index >= 15 is 0 Å². The molecule has 1 fully saturated rings. The first kappa shape index (κ1) is 20.1. The van der Waals surface area contributed by atoms with Crippen LogP contribution in [-0.2, 0) is 11.2 Å². The van der Waals surface area contributed by atoms with Crippen molar-refractivity contribution in [1.82, 2.24) is 19.9 Å². The van der Waals surface area contributed by atoms with Crippen LogP contribution >= 0.6 is 0 Å². The number of amides is 1. The van der Waals surface area contributed by atoms with Gasteiger partial charge in [-0.15, -0.1) is 0 Å². The highest BCUT2D eigenvalue weighted by Gasteiger charge is 2.31. The number of aryl methyl sites for hydroxylation is 2. The Balaban J connectivity index is 1.69. The molecule has 1 aliphatic heterocycles. The molecule has 0 radical (unpaired) electrons. The van der Waals surface area contributed by atoms with Crippen molar-refractivity contribution in [3.8, 4) is 11.1 Å². The Hall–Kier alpha value is -3.15. The maximum absolute atomic E-state index is 13.2. The van der Waals surface area contributed by atoms with Gasteiger partial charge in [0, 0.05) is 30.7 Å². The van der Waals surface area contributed by atoms with E-state index in [1.165, 1.54) is 12.1 Å². The van der Waals surface area contributed by atoms with Gasteiger partial charge >= 0.3 is 0 Å². The minimum atomic E-state index is -0.295. The first-order chi connectivity index (χ1) is 14.5. The van der Waals surface area contributed by atoms with Crippen molar-refractivity contribution >= 4 is 5.91 Å². The van der Waals surface area contributed by atoms with Gasteiger partial charge in [0.15, 0.2) is 0 Å². The molecule has 0 saturated carbocycles. The summed E-state index contributed by atoms with van der Waals surface area (Å²) in [5, 5.41) is 0. The van der Waals surface area contributed by atoms with Crippen LogP contribution in [-0.4, -0.2) is 32.3 Å². The lowest BCUT2D eigenvalue weighted by molar-refractivity contribution is -0.134. The van der Waals surface area contributed by atoms with E-state index in [1.54, 1.807) is 18.3 Å². The van der Waals surface area contributed by atoms with Crippen LogP contribution in [0.4, 0.5) is 4.39 Å². The molecule has 1 aliphatic rings. The van der Waals surface area contributed by atoms with E-state index < -0.39 is 0 Å². The van der Waals surface area contributed by atoms with Crippen LogP contribution in [0.25, 0.3) is 11.1 Å². The average molecular weight is 404 g/mol. The van der Waals surface area contributed by atoms with Crippen molar-refractivity contribution in [2.75, 3.05) is 6.54 Å². The van der Waals surface area contributed by atoms with E-state index in [0.717, 1.165) is 47.2 Å². The second-order valence-electron chi connectivity index (χ2n) is 7.81. The van der Waals surface area contributed by atoms with Gasteiger partial charge in [0.05, 0.1) is 18.2 Å². The molecule has 1 unspecified atom stereocenters. The molecule has 3 aromatic rings. The molecular weight excluding hydrogens is 379 g/mol. The van der Waals surface area contributed by atoms with E-state index in [-0.39, 0.29) is 24.2 Å². The standard InChI is InChI=1S/C24H25FN4O/c1-16-14-26-11-10-20(16)21-15-27-17(2)28-24(21)22-5-3-4-12-29(22)23(30)13-18-6-8-19(25)9-7-18/h6-11,14-15,22H,3-5,12-13H2,1-2H3. The van der Waals surface area contributed by atoms with Crippen LogP contribution in [0.5, 0.6) is 0 Å². The number of nitrogens with zero attached hydrogens (tertiary/aromatic N) is 4. The van der Waals surface area contributed by atoms with Crippen LogP contribution in [0, 0.1) is 19.7 Å². The summed E-state index contributed by atoms with van der Waals surface area (Å²) in [6.07, 6.45) is 8.59. The van der Waals surface area contributed by atoms with Gasteiger partial charge in [0.25, 0.3) is 0 Å². The molecule has 6 heteroatoms. The highest BCUT2D eigenvalue weighted by Crippen LogP contribution is 2.36. The third-order valence-corrected chi connectivity index (χ3v) is 5.66. The summed E-state index contributed by atoms with van der Waals surface area (Å²) < 4.78 is 13.2. The molecule has 1 atom stereocenters. The Morgan fingerprint density at radius 1 is 1.10 bits per heavy atom. The Bertz CT molecular complexity index is 1050. The van der Waals surface area contributed by atoms with Gasteiger partial charge in [-0.05, 0) is 68.0 Å². The summed E-state index contributed by atoms with van der Waals surface area (Å²) in [4.78, 5) is 28.6. The average Bonchev–Trinajstić information content (AvgIpc) is 2.76. The van der Waals surface area contributed by atoms with Gasteiger partial charge in [0.1, 0.15) is 11.6 Å². The number of pyridine rings is 1. The van der Waals surface area contributed by atoms with E-state index in [2.05, 4.69) is 9.97 Å². The molecule has 0 aliphatic carbocycles. The fourth-order valence-corrected chi connectivity index (χ4v) is 4.12. The van der Waals surface area contributed by atoms with E-state index in [0.29, 0.717) is 12.4 Å². The molecule has 154 valence electrons. The molecule has 2 aromatic heterocycles. The van der Waals surface area contributed by atoms with Gasteiger partial charge in [0.2, 0.25) is 5.91 Å². The number of carbonyl (C=O) groups is 1. The van der Waals surface area contributed by atoms with Crippen molar-refractivity contribution in [3.63, 3.8) is 0 Å². The highest BCUT2D eigenvalue weighted by atomic mass is 19.1. The number of hydrogen-bond donors (Lipinski definition) is 0. The number of likely N-dealkylation sites (tertiary alicyclic amines) is 1. The first-order valence-corrected chi connectivity index (χ1v) is 10.3. The molecule has 0 bridgehead atoms. The smallest absolute Gasteiger partial charge is 0.227 e. The van der Waals surface area contributed by atoms with Crippen LogP contribution < -0.4 is 0 Å². The van der Waals surface area contributed by atoms with E-state index in [9.17, 15) is 9.18 Å². The van der Waals surface area contributed by atoms with Gasteiger partial charge in [-0.3, -0.25) is 9.78 Å². The third kappa shape index (κ3) is 4.22. The molecule has 0 N–H and O–H groups in total. The SMILES string of the molecule is Cc1ncc(-c2ccncc2C)c(C2CCCCN2C(=O)Cc2ccc(F)cc2)n1. The molecule has 30 heavy (non-hydrogen) atoms. The number of benzene rings is 1. The number of carbonyl (C=O) groups excluding carboxylic acids is 1. The summed E-state index contributed by atoms with van der Waals surface area (Å²) in [6.45, 7) is 4.59. The zero-order valence-corrected chi connectivity index (χ0v) is 17.3. The quantitative estimate of drug-likeness (QED) is 0.638. The van der Waals surface area contributed by atoms with Crippen molar-refractivity contribution in [3.05, 3.63) is 77.4 Å². The Morgan fingerprint density at radius 2 is 1.90 bits per heavy atom. The molecule has 4 rings (SSSR count). The lowest BCUT2D eigenvalue weighted by Gasteiger charge is -2.36. The predicted molar refractivity (Wildman–Crippen MR) is 113 cm³/mol. The predicted octanol–water partition coefficient (Wildman–Crippen LogP) is 4.59. The molecule has 1 amide bonds. The maximum atomic E-state index is 13.2. The minimum absolute atomic E-state index is 0.0416. The number of piperidine rings is 1. The lowest BCUT2D eigenvalue weighted by Crippen LogP contribution is -2.40. The van der Waals surface area contributed by atoms with Gasteiger partial charge in [-0.1, -0.05) is 12.1 Å². The summed E-state index contributed by atoms with van der Waals surface area (Å²) >= 11 is 0. The van der Waals surface area contributed by atoms with E-state index in [4.69, 9.17) is 4.98 Å². The third-order valence-electron chi connectivity index (χ3n) is 5.66. The molecule has 1 aromatic carbocycles. The Kier molecular flexibility index (Phi) is 5.84. The molecular formula is C24H25FN4O. The number of aromatic nitrogens is 3. The summed E-state index contributed by atoms with van der Waals surface area (Å²) in [5.41, 5.74) is 4.74. The number of halogens is 1. The Morgan fingerprint density at radius 3 is 2.67 bits per heavy atom. The monoisotopic (exact) mass is 404 g/mol. The van der Waals surface area contributed by atoms with Gasteiger partial charge in [-0.2, -0.15) is 0 Å². The molecule has 1 saturated heterocycles. The minimum Gasteiger partial charge on any atom is -0.334 e. The zero-order valence-electron chi connectivity index (χ0n) is 17.3. The van der Waals surface area contributed by atoms with Crippen LogP contribution in [0.2, 0.25) is 0 Å². The van der Waals surface area contributed by atoms with Crippen LogP contribution in [0.3, 0.4) is 0 Å². The summed E-state index contributed by atoms with van der Waals surface area (Å²) in [6, 6.07) is 8.01. The largest absolute Gasteiger partial charge is 0.334 e. The van der Waals surface area contributed by atoms with Gasteiger partial charge < -0.3 is 4.90 Å². The van der Waals surface area contributed by atoms with Crippen molar-refractivity contribution in [2.45, 2.75) is 45.6 Å². The summed E-state index contributed by atoms with van der Waals surface area (Å²) in [5.74, 6) is 0.438. The second kappa shape index (κ2) is 8.69. The fourth-order valence-electron chi connectivity index (χ4n) is 4.12. The van der Waals surface area contributed by atoms with Crippen molar-refractivity contribution in [2.24, 2.45) is 0 Å². The topological polar surface area (TPSA) is 59.0 Å². The zero-order chi connectivity index (χ0) is 21.1. The normalized spacial score (nSPS) is 16.5. The maximum Gasteiger partial charge on any atom is 0.227 e. The highest BCUT2D eigenvalue weighted by molar-refractivity contribution is 5.80. The summed E-state index contributed by atoms with van der Waals surface area (Å²) in [7, 11) is 0. The van der Waals surface area contributed by atoms with Crippen LogP contribution in [0.15, 0.2) is 48.9 Å². The molecule has 0 spiro atoms. The molecule has 5 nitrogen and oxygen atoms in total.